The monoisotopic (exact) mass is 324 g/mol. The Bertz CT molecular complexity index is 166. The zero-order chi connectivity index (χ0) is 14.4. The van der Waals surface area contributed by atoms with E-state index < -0.39 is 6.69 Å². The fourth-order valence-electron chi connectivity index (χ4n) is 2.45. The zero-order valence-corrected chi connectivity index (χ0v) is 15.7. The third-order valence-corrected chi connectivity index (χ3v) is 8.23. The average Bonchev–Trinajstić information content (AvgIpc) is 2.38. The lowest BCUT2D eigenvalue weighted by Crippen LogP contribution is -2.18. The number of hydrogen-bond donors (Lipinski definition) is 0. The summed E-state index contributed by atoms with van der Waals surface area (Å²) in [7, 11) is 0. The summed E-state index contributed by atoms with van der Waals surface area (Å²) in [5, 5.41) is 0. The Hall–Kier alpha value is 0.797. The number of unbranched alkanes of at least 4 members (excludes halogenated alkanes) is 10. The van der Waals surface area contributed by atoms with Crippen molar-refractivity contribution in [2.45, 2.75) is 103 Å². The smallest absolute Gasteiger partial charge is 0.146 e. The molecule has 0 rings (SSSR count). The first-order valence-electron chi connectivity index (χ1n) is 8.50. The van der Waals surface area contributed by atoms with Crippen LogP contribution in [0.1, 0.15) is 90.9 Å². The second-order valence-corrected chi connectivity index (χ2v) is 13.5. The van der Waals surface area contributed by atoms with E-state index in [4.69, 9.17) is 22.2 Å². The molecule has 0 saturated heterocycles. The summed E-state index contributed by atoms with van der Waals surface area (Å²) < 4.78 is 0. The van der Waals surface area contributed by atoms with E-state index in [-0.39, 0.29) is 0 Å². The Labute approximate surface area is 132 Å². The van der Waals surface area contributed by atoms with Gasteiger partial charge in [0.25, 0.3) is 6.69 Å². The van der Waals surface area contributed by atoms with Gasteiger partial charge in [-0.15, -0.1) is 22.2 Å². The summed E-state index contributed by atoms with van der Waals surface area (Å²) in [6.45, 7) is 2.62. The molecule has 116 valence electrons. The van der Waals surface area contributed by atoms with Crippen LogP contribution in [-0.2, 0) is 0 Å². The van der Waals surface area contributed by atoms with Gasteiger partial charge in [0.1, 0.15) is 0 Å². The largest absolute Gasteiger partial charge is 0.251 e. The van der Waals surface area contributed by atoms with Crippen LogP contribution in [0.25, 0.3) is 0 Å². The molecule has 19 heavy (non-hydrogen) atoms. The highest BCUT2D eigenvalue weighted by atomic mass is 35.7. The van der Waals surface area contributed by atoms with Gasteiger partial charge in [-0.2, -0.15) is 0 Å². The molecule has 0 spiro atoms. The third kappa shape index (κ3) is 15.0. The second-order valence-electron chi connectivity index (χ2n) is 5.89. The van der Waals surface area contributed by atoms with Crippen molar-refractivity contribution >= 4 is 28.9 Å². The molecule has 0 aliphatic heterocycles. The lowest BCUT2D eigenvalue weighted by atomic mass is 10.1. The van der Waals surface area contributed by atoms with Gasteiger partial charge in [0.2, 0.25) is 0 Å². The van der Waals surface area contributed by atoms with Crippen molar-refractivity contribution in [3.63, 3.8) is 0 Å². The van der Waals surface area contributed by atoms with Gasteiger partial charge in [-0.3, -0.25) is 0 Å². The van der Waals surface area contributed by atoms with E-state index in [9.17, 15) is 0 Å². The molecule has 0 aromatic carbocycles. The van der Waals surface area contributed by atoms with E-state index in [1.807, 2.05) is 0 Å². The molecular formula is C16H34Cl2Si. The molecule has 3 heteroatoms. The third-order valence-electron chi connectivity index (χ3n) is 3.79. The zero-order valence-electron chi connectivity index (χ0n) is 13.2. The van der Waals surface area contributed by atoms with Gasteiger partial charge < -0.3 is 0 Å². The van der Waals surface area contributed by atoms with Crippen LogP contribution in [0.4, 0.5) is 0 Å². The molecule has 0 saturated carbocycles. The molecule has 0 aromatic heterocycles. The quantitative estimate of drug-likeness (QED) is 0.175. The molecule has 0 fully saturated rings. The molecule has 0 amide bonds. The van der Waals surface area contributed by atoms with Crippen LogP contribution in [0.15, 0.2) is 0 Å². The van der Waals surface area contributed by atoms with Crippen molar-refractivity contribution in [2.75, 3.05) is 0 Å². The van der Waals surface area contributed by atoms with Crippen LogP contribution in [0, 0.1) is 0 Å². The molecule has 0 unspecified atom stereocenters. The molecular weight excluding hydrogens is 291 g/mol. The first-order valence-corrected chi connectivity index (χ1v) is 12.9. The van der Waals surface area contributed by atoms with Crippen molar-refractivity contribution in [2.24, 2.45) is 0 Å². The van der Waals surface area contributed by atoms with Crippen LogP contribution in [0.3, 0.4) is 0 Å². The van der Waals surface area contributed by atoms with E-state index in [0.717, 1.165) is 12.1 Å². The summed E-state index contributed by atoms with van der Waals surface area (Å²) in [4.78, 5) is 0. The Morgan fingerprint density at radius 1 is 0.526 bits per heavy atom. The Morgan fingerprint density at radius 2 is 0.842 bits per heavy atom. The van der Waals surface area contributed by atoms with Gasteiger partial charge in [0.05, 0.1) is 0 Å². The van der Waals surface area contributed by atoms with Gasteiger partial charge in [0, 0.05) is 0 Å². The first kappa shape index (κ1) is 19.8. The van der Waals surface area contributed by atoms with Gasteiger partial charge in [-0.25, -0.2) is 0 Å². The predicted octanol–water partition coefficient (Wildman–Crippen LogP) is 7.63. The number of hydrogen-bond acceptors (Lipinski definition) is 0. The molecule has 0 aromatic rings. The molecule has 0 bridgehead atoms. The summed E-state index contributed by atoms with van der Waals surface area (Å²) in [6, 6.07) is 2.22. The molecule has 0 N–H and O–H groups in total. The topological polar surface area (TPSA) is 0 Å². The standard InChI is InChI=1S/C16H34Cl2Si/c1-3-5-7-9-11-13-15-19(17,18)16-14-12-10-8-6-4-2/h3-16H2,1-2H3. The minimum atomic E-state index is -1.90. The van der Waals surface area contributed by atoms with Crippen LogP contribution in [0.5, 0.6) is 0 Å². The van der Waals surface area contributed by atoms with Gasteiger partial charge in [-0.05, 0) is 12.1 Å². The highest BCUT2D eigenvalue weighted by Gasteiger charge is 2.26. The highest BCUT2D eigenvalue weighted by Crippen LogP contribution is 2.30. The van der Waals surface area contributed by atoms with Gasteiger partial charge in [-0.1, -0.05) is 90.9 Å². The number of halogens is 2. The molecule has 0 aliphatic carbocycles. The van der Waals surface area contributed by atoms with Crippen molar-refractivity contribution in [1.29, 1.82) is 0 Å². The summed E-state index contributed by atoms with van der Waals surface area (Å²) in [6.07, 6.45) is 16.0. The Balaban J connectivity index is 3.36. The molecule has 0 atom stereocenters. The van der Waals surface area contributed by atoms with Crippen LogP contribution in [0.2, 0.25) is 12.1 Å². The minimum absolute atomic E-state index is 1.11. The molecule has 0 heterocycles. The SMILES string of the molecule is CCCCCCCC[Si](Cl)(Cl)CCCCCCCC. The maximum atomic E-state index is 6.52. The predicted molar refractivity (Wildman–Crippen MR) is 93.8 cm³/mol. The second kappa shape index (κ2) is 13.8. The fourth-order valence-corrected chi connectivity index (χ4v) is 5.84. The normalized spacial score (nSPS) is 12.0. The van der Waals surface area contributed by atoms with E-state index >= 15 is 0 Å². The van der Waals surface area contributed by atoms with Crippen LogP contribution >= 0.6 is 22.2 Å². The van der Waals surface area contributed by atoms with E-state index in [1.165, 1.54) is 77.0 Å². The molecule has 0 radical (unpaired) electrons. The number of rotatable bonds is 14. The van der Waals surface area contributed by atoms with Crippen LogP contribution < -0.4 is 0 Å². The summed E-state index contributed by atoms with van der Waals surface area (Å²) in [5.41, 5.74) is 0. The molecule has 0 aliphatic rings. The van der Waals surface area contributed by atoms with Crippen molar-refractivity contribution < 1.29 is 0 Å². The van der Waals surface area contributed by atoms with Gasteiger partial charge in [0.15, 0.2) is 0 Å². The first-order chi connectivity index (χ1) is 9.12. The van der Waals surface area contributed by atoms with E-state index in [1.54, 1.807) is 0 Å². The lowest BCUT2D eigenvalue weighted by Gasteiger charge is -2.16. The Morgan fingerprint density at radius 3 is 1.21 bits per heavy atom. The maximum Gasteiger partial charge on any atom is 0.251 e. The minimum Gasteiger partial charge on any atom is -0.146 e. The van der Waals surface area contributed by atoms with Crippen LogP contribution in [-0.4, -0.2) is 6.69 Å². The Kier molecular flexibility index (Phi) is 14.3. The summed E-state index contributed by atoms with van der Waals surface area (Å²) >= 11 is 13.0. The van der Waals surface area contributed by atoms with Crippen molar-refractivity contribution in [3.05, 3.63) is 0 Å². The van der Waals surface area contributed by atoms with Gasteiger partial charge >= 0.3 is 0 Å². The maximum absolute atomic E-state index is 6.52. The average molecular weight is 325 g/mol. The van der Waals surface area contributed by atoms with Crippen molar-refractivity contribution in [3.8, 4) is 0 Å². The lowest BCUT2D eigenvalue weighted by molar-refractivity contribution is 0.617. The van der Waals surface area contributed by atoms with Crippen molar-refractivity contribution in [1.82, 2.24) is 0 Å². The van der Waals surface area contributed by atoms with E-state index in [2.05, 4.69) is 13.8 Å². The fraction of sp³-hybridized carbons (Fsp3) is 1.00. The highest BCUT2D eigenvalue weighted by molar-refractivity contribution is 7.45. The molecule has 0 nitrogen and oxygen atoms in total. The summed E-state index contributed by atoms with van der Waals surface area (Å²) in [5.74, 6) is 0. The van der Waals surface area contributed by atoms with E-state index in [0.29, 0.717) is 0 Å².